The summed E-state index contributed by atoms with van der Waals surface area (Å²) in [5.74, 6) is 1.19. The maximum Gasteiger partial charge on any atom is 0.258 e. The first kappa shape index (κ1) is 17.3. The summed E-state index contributed by atoms with van der Waals surface area (Å²) in [4.78, 5) is 14.2. The van der Waals surface area contributed by atoms with Gasteiger partial charge in [-0.2, -0.15) is 0 Å². The van der Waals surface area contributed by atoms with Crippen LogP contribution in [-0.4, -0.2) is 33.3 Å². The lowest BCUT2D eigenvalue weighted by molar-refractivity contribution is -0.123. The zero-order chi connectivity index (χ0) is 16.7. The number of ether oxygens (including phenoxy) is 3. The number of carbonyl (C=O) groups excluding carboxylic acids is 1. The number of amides is 1. The van der Waals surface area contributed by atoms with E-state index in [9.17, 15) is 4.79 Å². The summed E-state index contributed by atoms with van der Waals surface area (Å²) in [6.45, 7) is 2.43. The van der Waals surface area contributed by atoms with Crippen LogP contribution < -0.4 is 14.8 Å². The molecule has 0 spiro atoms. The van der Waals surface area contributed by atoms with E-state index in [-0.39, 0.29) is 18.6 Å². The Morgan fingerprint density at radius 1 is 1.13 bits per heavy atom. The van der Waals surface area contributed by atoms with Crippen molar-refractivity contribution in [2.24, 2.45) is 0 Å². The summed E-state index contributed by atoms with van der Waals surface area (Å²) >= 11 is 1.67. The largest absolute Gasteiger partial charge is 0.497 e. The second-order valence-corrected chi connectivity index (χ2v) is 6.26. The predicted molar refractivity (Wildman–Crippen MR) is 90.3 cm³/mol. The van der Waals surface area contributed by atoms with Crippen LogP contribution in [0.4, 0.5) is 0 Å². The molecule has 0 aliphatic carbocycles. The Labute approximate surface area is 140 Å². The van der Waals surface area contributed by atoms with E-state index in [1.807, 2.05) is 19.1 Å². The normalized spacial score (nSPS) is 11.8. The summed E-state index contributed by atoms with van der Waals surface area (Å²) in [6, 6.07) is 11.2. The molecule has 1 amide bonds. The number of hydrogen-bond acceptors (Lipinski definition) is 5. The maximum absolute atomic E-state index is 11.9. The molecule has 2 aromatic rings. The van der Waals surface area contributed by atoms with Gasteiger partial charge >= 0.3 is 0 Å². The number of benzene rings is 1. The molecule has 1 unspecified atom stereocenters. The van der Waals surface area contributed by atoms with Crippen molar-refractivity contribution in [1.29, 1.82) is 0 Å². The molecule has 0 aliphatic rings. The topological polar surface area (TPSA) is 56.8 Å². The summed E-state index contributed by atoms with van der Waals surface area (Å²) < 4.78 is 15.9. The highest BCUT2D eigenvalue weighted by Gasteiger charge is 2.14. The second-order valence-electron chi connectivity index (χ2n) is 4.94. The zero-order valence-corrected chi connectivity index (χ0v) is 14.3. The molecule has 2 rings (SSSR count). The summed E-state index contributed by atoms with van der Waals surface area (Å²) in [5.41, 5.74) is 0. The smallest absolute Gasteiger partial charge is 0.258 e. The number of nitrogens with one attached hydrogen (secondary N) is 1. The van der Waals surface area contributed by atoms with Crippen LogP contribution >= 0.6 is 11.3 Å². The lowest BCUT2D eigenvalue weighted by Crippen LogP contribution is -2.32. The number of thiophene rings is 1. The highest BCUT2D eigenvalue weighted by molar-refractivity contribution is 7.12. The molecular weight excluding hydrogens is 314 g/mol. The monoisotopic (exact) mass is 335 g/mol. The maximum atomic E-state index is 11.9. The highest BCUT2D eigenvalue weighted by atomic mass is 32.1. The van der Waals surface area contributed by atoms with E-state index in [0.717, 1.165) is 10.6 Å². The number of aryl methyl sites for hydroxylation is 1. The molecule has 0 saturated carbocycles. The third-order valence-electron chi connectivity index (χ3n) is 3.28. The average Bonchev–Trinajstić information content (AvgIpc) is 3.00. The fourth-order valence-corrected chi connectivity index (χ4v) is 2.96. The van der Waals surface area contributed by atoms with Crippen LogP contribution in [0.5, 0.6) is 11.5 Å². The SMILES string of the molecule is COc1ccc(OCC(=O)NCC(OC)c2ccc(C)s2)cc1. The van der Waals surface area contributed by atoms with Crippen molar-refractivity contribution in [3.63, 3.8) is 0 Å². The van der Waals surface area contributed by atoms with Crippen molar-refractivity contribution in [2.45, 2.75) is 13.0 Å². The minimum atomic E-state index is -0.184. The Balaban J connectivity index is 1.77. The van der Waals surface area contributed by atoms with Crippen LogP contribution in [-0.2, 0) is 9.53 Å². The first-order valence-electron chi connectivity index (χ1n) is 7.25. The summed E-state index contributed by atoms with van der Waals surface area (Å²) in [6.07, 6.45) is -0.140. The standard InChI is InChI=1S/C17H21NO4S/c1-12-4-9-16(23-12)15(21-3)10-18-17(19)11-22-14-7-5-13(20-2)6-8-14/h4-9,15H,10-11H2,1-3H3,(H,18,19). The number of hydrogen-bond donors (Lipinski definition) is 1. The third-order valence-corrected chi connectivity index (χ3v) is 4.37. The van der Waals surface area contributed by atoms with Crippen molar-refractivity contribution in [2.75, 3.05) is 27.4 Å². The Bertz CT molecular complexity index is 624. The van der Waals surface area contributed by atoms with E-state index in [1.165, 1.54) is 4.88 Å². The van der Waals surface area contributed by atoms with Crippen LogP contribution in [0.15, 0.2) is 36.4 Å². The van der Waals surface area contributed by atoms with E-state index in [4.69, 9.17) is 14.2 Å². The van der Waals surface area contributed by atoms with Crippen molar-refractivity contribution < 1.29 is 19.0 Å². The predicted octanol–water partition coefficient (Wildman–Crippen LogP) is 2.95. The minimum Gasteiger partial charge on any atom is -0.497 e. The van der Waals surface area contributed by atoms with Gasteiger partial charge in [-0.1, -0.05) is 0 Å². The highest BCUT2D eigenvalue weighted by Crippen LogP contribution is 2.24. The Kier molecular flexibility index (Phi) is 6.43. The van der Waals surface area contributed by atoms with Gasteiger partial charge in [0.05, 0.1) is 7.11 Å². The molecule has 5 nitrogen and oxygen atoms in total. The van der Waals surface area contributed by atoms with Gasteiger partial charge in [-0.25, -0.2) is 0 Å². The Morgan fingerprint density at radius 2 is 1.83 bits per heavy atom. The molecule has 0 aliphatic heterocycles. The molecule has 6 heteroatoms. The molecule has 1 aromatic carbocycles. The molecule has 1 atom stereocenters. The van der Waals surface area contributed by atoms with Crippen molar-refractivity contribution >= 4 is 17.2 Å². The van der Waals surface area contributed by atoms with Gasteiger partial charge in [-0.3, -0.25) is 4.79 Å². The van der Waals surface area contributed by atoms with Gasteiger partial charge in [0.15, 0.2) is 6.61 Å². The second kappa shape index (κ2) is 8.55. The zero-order valence-electron chi connectivity index (χ0n) is 13.5. The van der Waals surface area contributed by atoms with Crippen LogP contribution in [0.3, 0.4) is 0 Å². The van der Waals surface area contributed by atoms with Crippen molar-refractivity contribution in [3.05, 3.63) is 46.2 Å². The van der Waals surface area contributed by atoms with Gasteiger partial charge < -0.3 is 19.5 Å². The van der Waals surface area contributed by atoms with Gasteiger partial charge in [0.1, 0.15) is 17.6 Å². The quantitative estimate of drug-likeness (QED) is 0.806. The molecule has 0 bridgehead atoms. The van der Waals surface area contributed by atoms with E-state index >= 15 is 0 Å². The molecule has 1 aromatic heterocycles. The molecule has 124 valence electrons. The Morgan fingerprint density at radius 3 is 2.39 bits per heavy atom. The summed E-state index contributed by atoms with van der Waals surface area (Å²) in [5, 5.41) is 2.83. The van der Waals surface area contributed by atoms with E-state index in [1.54, 1.807) is 49.8 Å². The van der Waals surface area contributed by atoms with Crippen LogP contribution in [0.2, 0.25) is 0 Å². The Hall–Kier alpha value is -2.05. The lowest BCUT2D eigenvalue weighted by Gasteiger charge is -2.15. The molecule has 23 heavy (non-hydrogen) atoms. The fourth-order valence-electron chi connectivity index (χ4n) is 2.00. The van der Waals surface area contributed by atoms with Crippen molar-refractivity contribution in [3.8, 4) is 11.5 Å². The van der Waals surface area contributed by atoms with Gasteiger partial charge in [0.25, 0.3) is 5.91 Å². The fraction of sp³-hybridized carbons (Fsp3) is 0.353. The average molecular weight is 335 g/mol. The van der Waals surface area contributed by atoms with Gasteiger partial charge in [0, 0.05) is 23.4 Å². The van der Waals surface area contributed by atoms with Gasteiger partial charge in [-0.15, -0.1) is 11.3 Å². The number of rotatable bonds is 8. The third kappa shape index (κ3) is 5.26. The van der Waals surface area contributed by atoms with E-state index < -0.39 is 0 Å². The van der Waals surface area contributed by atoms with Crippen LogP contribution in [0.25, 0.3) is 0 Å². The van der Waals surface area contributed by atoms with Crippen molar-refractivity contribution in [1.82, 2.24) is 5.32 Å². The minimum absolute atomic E-state index is 0.0355. The first-order chi connectivity index (χ1) is 11.1. The van der Waals surface area contributed by atoms with Gasteiger partial charge in [0.2, 0.25) is 0 Å². The summed E-state index contributed by atoms with van der Waals surface area (Å²) in [7, 11) is 3.24. The number of carbonyl (C=O) groups is 1. The first-order valence-corrected chi connectivity index (χ1v) is 8.06. The number of methoxy groups -OCH3 is 2. The van der Waals surface area contributed by atoms with E-state index in [0.29, 0.717) is 12.3 Å². The molecule has 0 radical (unpaired) electrons. The molecule has 1 N–H and O–H groups in total. The molecule has 0 fully saturated rings. The molecule has 0 saturated heterocycles. The van der Waals surface area contributed by atoms with Crippen LogP contribution in [0, 0.1) is 6.92 Å². The molecular formula is C17H21NO4S. The van der Waals surface area contributed by atoms with E-state index in [2.05, 4.69) is 5.32 Å². The lowest BCUT2D eigenvalue weighted by atomic mass is 10.3. The molecule has 1 heterocycles. The van der Waals surface area contributed by atoms with Gasteiger partial charge in [-0.05, 0) is 43.3 Å². The van der Waals surface area contributed by atoms with Crippen LogP contribution in [0.1, 0.15) is 15.9 Å².